The maximum absolute atomic E-state index is 12.0. The number of halogens is 1. The molecule has 2 aliphatic heterocycles. The van der Waals surface area contributed by atoms with Gasteiger partial charge in [-0.1, -0.05) is 17.7 Å². The topological polar surface area (TPSA) is 41.6 Å². The molecule has 4 nitrogen and oxygen atoms in total. The molecule has 0 aromatic heterocycles. The Morgan fingerprint density at radius 2 is 2.11 bits per heavy atom. The van der Waals surface area contributed by atoms with Crippen LogP contribution in [0.5, 0.6) is 0 Å². The van der Waals surface area contributed by atoms with E-state index in [-0.39, 0.29) is 12.1 Å². The molecule has 1 saturated heterocycles. The van der Waals surface area contributed by atoms with Crippen LogP contribution < -0.4 is 10.2 Å². The highest BCUT2D eigenvalue weighted by atomic mass is 35.5. The Hall–Kier alpha value is -1.26. The lowest BCUT2D eigenvalue weighted by Crippen LogP contribution is -2.48. The number of carbonyl (C=O) groups is 1. The van der Waals surface area contributed by atoms with Gasteiger partial charge >= 0.3 is 6.09 Å². The van der Waals surface area contributed by atoms with Crippen molar-refractivity contribution in [2.24, 2.45) is 0 Å². The number of piperidine rings is 1. The third-order valence-corrected chi connectivity index (χ3v) is 3.76. The highest BCUT2D eigenvalue weighted by Crippen LogP contribution is 2.33. The van der Waals surface area contributed by atoms with Gasteiger partial charge in [0.2, 0.25) is 0 Å². The van der Waals surface area contributed by atoms with Crippen molar-refractivity contribution in [1.29, 1.82) is 0 Å². The Balaban J connectivity index is 1.97. The zero-order valence-corrected chi connectivity index (χ0v) is 10.7. The largest absolute Gasteiger partial charge is 0.444 e. The van der Waals surface area contributed by atoms with Crippen molar-refractivity contribution >= 4 is 23.4 Å². The number of nitrogens with zero attached hydrogens (tertiary/aromatic N) is 1. The van der Waals surface area contributed by atoms with E-state index in [1.807, 2.05) is 18.2 Å². The van der Waals surface area contributed by atoms with Gasteiger partial charge in [0.25, 0.3) is 0 Å². The number of anilines is 1. The normalized spacial score (nSPS) is 20.5. The average Bonchev–Trinajstić information content (AvgIpc) is 2.39. The number of fused-ring (bicyclic) bond motifs is 1. The lowest BCUT2D eigenvalue weighted by Gasteiger charge is -2.37. The van der Waals surface area contributed by atoms with Crippen molar-refractivity contribution in [3.8, 4) is 0 Å². The maximum Gasteiger partial charge on any atom is 0.414 e. The van der Waals surface area contributed by atoms with Crippen molar-refractivity contribution in [3.05, 3.63) is 28.8 Å². The van der Waals surface area contributed by atoms with E-state index in [2.05, 4.69) is 5.32 Å². The monoisotopic (exact) mass is 266 g/mol. The number of hydrogen-bond donors (Lipinski definition) is 1. The third kappa shape index (κ3) is 2.06. The van der Waals surface area contributed by atoms with Gasteiger partial charge in [-0.05, 0) is 38.1 Å². The molecule has 1 aromatic rings. The molecule has 5 heteroatoms. The fourth-order valence-corrected chi connectivity index (χ4v) is 2.77. The molecule has 0 bridgehead atoms. The SMILES string of the molecule is O=C1OCc2ccc(Cl)cc2N1C1CCNCC1. The van der Waals surface area contributed by atoms with Crippen molar-refractivity contribution in [3.63, 3.8) is 0 Å². The number of nitrogens with one attached hydrogen (secondary N) is 1. The highest BCUT2D eigenvalue weighted by molar-refractivity contribution is 6.31. The summed E-state index contributed by atoms with van der Waals surface area (Å²) < 4.78 is 5.23. The Morgan fingerprint density at radius 1 is 1.33 bits per heavy atom. The second-order valence-electron chi connectivity index (χ2n) is 4.68. The second-order valence-corrected chi connectivity index (χ2v) is 5.12. The van der Waals surface area contributed by atoms with E-state index in [1.54, 1.807) is 4.90 Å². The maximum atomic E-state index is 12.0. The van der Waals surface area contributed by atoms with Crippen LogP contribution in [-0.4, -0.2) is 25.2 Å². The minimum atomic E-state index is -0.253. The van der Waals surface area contributed by atoms with Crippen LogP contribution in [0.25, 0.3) is 0 Å². The first kappa shape index (κ1) is 11.8. The number of carbonyl (C=O) groups excluding carboxylic acids is 1. The molecule has 1 fully saturated rings. The van der Waals surface area contributed by atoms with E-state index in [9.17, 15) is 4.79 Å². The van der Waals surface area contributed by atoms with Gasteiger partial charge in [-0.25, -0.2) is 4.79 Å². The third-order valence-electron chi connectivity index (χ3n) is 3.53. The molecule has 0 unspecified atom stereocenters. The predicted molar refractivity (Wildman–Crippen MR) is 70.0 cm³/mol. The molecule has 2 aliphatic rings. The second kappa shape index (κ2) is 4.78. The fraction of sp³-hybridized carbons (Fsp3) is 0.462. The Kier molecular flexibility index (Phi) is 3.14. The molecule has 18 heavy (non-hydrogen) atoms. The molecule has 0 radical (unpaired) electrons. The van der Waals surface area contributed by atoms with Gasteiger partial charge in [-0.2, -0.15) is 0 Å². The number of rotatable bonds is 1. The van der Waals surface area contributed by atoms with Crippen LogP contribution in [0.3, 0.4) is 0 Å². The van der Waals surface area contributed by atoms with Crippen LogP contribution in [0.2, 0.25) is 5.02 Å². The summed E-state index contributed by atoms with van der Waals surface area (Å²) >= 11 is 6.04. The molecule has 0 spiro atoms. The molecule has 0 aliphatic carbocycles. The van der Waals surface area contributed by atoms with E-state index in [0.29, 0.717) is 11.6 Å². The lowest BCUT2D eigenvalue weighted by molar-refractivity contribution is 0.137. The molecule has 1 amide bonds. The minimum absolute atomic E-state index is 0.205. The quantitative estimate of drug-likeness (QED) is 0.849. The minimum Gasteiger partial charge on any atom is -0.444 e. The number of hydrogen-bond acceptors (Lipinski definition) is 3. The summed E-state index contributed by atoms with van der Waals surface area (Å²) in [6, 6.07) is 5.83. The van der Waals surface area contributed by atoms with E-state index in [1.165, 1.54) is 0 Å². The van der Waals surface area contributed by atoms with Crippen LogP contribution in [-0.2, 0) is 11.3 Å². The summed E-state index contributed by atoms with van der Waals surface area (Å²) in [5, 5.41) is 3.95. The van der Waals surface area contributed by atoms with Gasteiger partial charge in [0, 0.05) is 16.6 Å². The van der Waals surface area contributed by atoms with Crippen molar-refractivity contribution in [1.82, 2.24) is 5.32 Å². The average molecular weight is 267 g/mol. The van der Waals surface area contributed by atoms with E-state index >= 15 is 0 Å². The van der Waals surface area contributed by atoms with Crippen LogP contribution in [0, 0.1) is 0 Å². The fourth-order valence-electron chi connectivity index (χ4n) is 2.60. The number of amides is 1. The first-order valence-electron chi connectivity index (χ1n) is 6.21. The zero-order chi connectivity index (χ0) is 12.5. The Bertz CT molecular complexity index is 472. The lowest BCUT2D eigenvalue weighted by atomic mass is 10.0. The number of cyclic esters (lactones) is 1. The summed E-state index contributed by atoms with van der Waals surface area (Å²) in [6.07, 6.45) is 1.64. The molecule has 3 rings (SSSR count). The van der Waals surface area contributed by atoms with Crippen LogP contribution in [0.15, 0.2) is 18.2 Å². The summed E-state index contributed by atoms with van der Waals surface area (Å²) in [7, 11) is 0. The van der Waals surface area contributed by atoms with E-state index in [4.69, 9.17) is 16.3 Å². The molecular formula is C13H15ClN2O2. The summed E-state index contributed by atoms with van der Waals surface area (Å²) in [5.41, 5.74) is 1.93. The predicted octanol–water partition coefficient (Wildman–Crippen LogP) is 2.55. The summed E-state index contributed by atoms with van der Waals surface area (Å²) in [5.74, 6) is 0. The van der Waals surface area contributed by atoms with Crippen LogP contribution >= 0.6 is 11.6 Å². The first-order chi connectivity index (χ1) is 8.75. The van der Waals surface area contributed by atoms with Gasteiger partial charge in [0.05, 0.1) is 5.69 Å². The summed E-state index contributed by atoms with van der Waals surface area (Å²) in [6.45, 7) is 2.21. The molecule has 1 aromatic carbocycles. The van der Waals surface area contributed by atoms with Crippen LogP contribution in [0.1, 0.15) is 18.4 Å². The van der Waals surface area contributed by atoms with Gasteiger partial charge in [-0.15, -0.1) is 0 Å². The summed E-state index contributed by atoms with van der Waals surface area (Å²) in [4.78, 5) is 13.8. The van der Waals surface area contributed by atoms with E-state index in [0.717, 1.165) is 37.2 Å². The van der Waals surface area contributed by atoms with Crippen molar-refractivity contribution in [2.45, 2.75) is 25.5 Å². The smallest absolute Gasteiger partial charge is 0.414 e. The first-order valence-corrected chi connectivity index (χ1v) is 6.58. The standard InChI is InChI=1S/C13H15ClN2O2/c14-10-2-1-9-8-18-13(17)16(12(9)7-10)11-3-5-15-6-4-11/h1-2,7,11,15H,3-6,8H2. The van der Waals surface area contributed by atoms with Gasteiger partial charge in [-0.3, -0.25) is 4.90 Å². The Morgan fingerprint density at radius 3 is 2.89 bits per heavy atom. The van der Waals surface area contributed by atoms with E-state index < -0.39 is 0 Å². The molecule has 1 N–H and O–H groups in total. The van der Waals surface area contributed by atoms with Crippen molar-refractivity contribution in [2.75, 3.05) is 18.0 Å². The van der Waals surface area contributed by atoms with Gasteiger partial charge < -0.3 is 10.1 Å². The number of benzene rings is 1. The highest BCUT2D eigenvalue weighted by Gasteiger charge is 2.32. The number of ether oxygens (including phenoxy) is 1. The zero-order valence-electron chi connectivity index (χ0n) is 9.99. The molecule has 0 atom stereocenters. The van der Waals surface area contributed by atoms with Gasteiger partial charge in [0.15, 0.2) is 0 Å². The van der Waals surface area contributed by atoms with Crippen molar-refractivity contribution < 1.29 is 9.53 Å². The molecule has 96 valence electrons. The molecule has 0 saturated carbocycles. The molecular weight excluding hydrogens is 252 g/mol. The molecule has 2 heterocycles. The van der Waals surface area contributed by atoms with Gasteiger partial charge in [0.1, 0.15) is 6.61 Å². The Labute approximate surface area is 111 Å². The van der Waals surface area contributed by atoms with Crippen LogP contribution in [0.4, 0.5) is 10.5 Å².